The number of pyridine rings is 1. The van der Waals surface area contributed by atoms with E-state index in [0.29, 0.717) is 23.2 Å². The quantitative estimate of drug-likeness (QED) is 0.873. The Balaban J connectivity index is 2.90. The summed E-state index contributed by atoms with van der Waals surface area (Å²) in [6.07, 6.45) is 0.469. The smallest absolute Gasteiger partial charge is 0.339 e. The van der Waals surface area contributed by atoms with Crippen molar-refractivity contribution in [1.82, 2.24) is 10.1 Å². The molecule has 0 aliphatic carbocycles. The van der Waals surface area contributed by atoms with Crippen LogP contribution in [0.4, 0.5) is 0 Å². The van der Waals surface area contributed by atoms with Crippen LogP contribution in [0.15, 0.2) is 4.52 Å². The highest BCUT2D eigenvalue weighted by molar-refractivity contribution is 6.38. The highest BCUT2D eigenvalue weighted by Gasteiger charge is 2.22. The molecule has 0 fully saturated rings. The monoisotopic (exact) mass is 240 g/mol. The summed E-state index contributed by atoms with van der Waals surface area (Å²) in [6, 6.07) is 0. The molecule has 0 saturated heterocycles. The number of carbonyl (C=O) groups is 1. The number of carboxylic acid groups (broad SMARTS) is 1. The fraction of sp³-hybridized carbons (Fsp3) is 0.300. The lowest BCUT2D eigenvalue weighted by Gasteiger charge is -2.04. The van der Waals surface area contributed by atoms with E-state index in [1.807, 2.05) is 0 Å². The van der Waals surface area contributed by atoms with Crippen LogP contribution in [0.5, 0.6) is 0 Å². The summed E-state index contributed by atoms with van der Waals surface area (Å²) in [5.41, 5.74) is 1.26. The first-order valence-electron chi connectivity index (χ1n) is 4.73. The number of aryl methyl sites for hydroxylation is 2. The van der Waals surface area contributed by atoms with Gasteiger partial charge in [0, 0.05) is 0 Å². The van der Waals surface area contributed by atoms with Crippen LogP contribution in [-0.4, -0.2) is 21.2 Å². The molecule has 0 spiro atoms. The van der Waals surface area contributed by atoms with Gasteiger partial charge in [0.15, 0.2) is 0 Å². The van der Waals surface area contributed by atoms with Crippen molar-refractivity contribution in [3.05, 3.63) is 22.0 Å². The van der Waals surface area contributed by atoms with Crippen LogP contribution in [0, 0.1) is 6.92 Å². The molecular weight excluding hydrogens is 232 g/mol. The van der Waals surface area contributed by atoms with Gasteiger partial charge in [0.2, 0.25) is 0 Å². The molecule has 6 heteroatoms. The molecule has 5 nitrogen and oxygen atoms in total. The molecule has 2 aromatic heterocycles. The summed E-state index contributed by atoms with van der Waals surface area (Å²) < 4.78 is 4.97. The van der Waals surface area contributed by atoms with Crippen LogP contribution < -0.4 is 0 Å². The minimum absolute atomic E-state index is 0.0305. The minimum atomic E-state index is -1.09. The van der Waals surface area contributed by atoms with Crippen molar-refractivity contribution in [1.29, 1.82) is 0 Å². The standard InChI is InChI=1S/C10H9ClN2O3/c1-3-5-7(10(14)15)8(11)6-4(2)13-16-9(6)12-5/h3H2,1-2H3,(H,14,15). The molecular formula is C10H9ClN2O3. The van der Waals surface area contributed by atoms with E-state index in [0.717, 1.165) is 0 Å². The Morgan fingerprint density at radius 2 is 2.25 bits per heavy atom. The second kappa shape index (κ2) is 3.75. The van der Waals surface area contributed by atoms with Gasteiger partial charge in [0.25, 0.3) is 5.71 Å². The molecule has 1 N–H and O–H groups in total. The van der Waals surface area contributed by atoms with Crippen LogP contribution in [0.3, 0.4) is 0 Å². The summed E-state index contributed by atoms with van der Waals surface area (Å²) in [5.74, 6) is -1.09. The third-order valence-electron chi connectivity index (χ3n) is 2.36. The Morgan fingerprint density at radius 3 is 2.81 bits per heavy atom. The summed E-state index contributed by atoms with van der Waals surface area (Å²) in [7, 11) is 0. The van der Waals surface area contributed by atoms with Crippen LogP contribution in [0.2, 0.25) is 5.02 Å². The van der Waals surface area contributed by atoms with E-state index in [1.54, 1.807) is 13.8 Å². The number of hydrogen-bond donors (Lipinski definition) is 1. The van der Waals surface area contributed by atoms with E-state index in [4.69, 9.17) is 21.2 Å². The number of hydrogen-bond acceptors (Lipinski definition) is 4. The molecule has 0 aromatic carbocycles. The van der Waals surface area contributed by atoms with Gasteiger partial charge in [0.05, 0.1) is 21.8 Å². The van der Waals surface area contributed by atoms with Gasteiger partial charge in [-0.15, -0.1) is 0 Å². The van der Waals surface area contributed by atoms with Crippen molar-refractivity contribution < 1.29 is 14.4 Å². The fourth-order valence-electron chi connectivity index (χ4n) is 1.59. The molecule has 84 valence electrons. The number of carboxylic acids is 1. The molecule has 2 aromatic rings. The molecule has 0 aliphatic rings. The summed E-state index contributed by atoms with van der Waals surface area (Å²) in [6.45, 7) is 3.50. The molecule has 0 bridgehead atoms. The molecule has 0 atom stereocenters. The van der Waals surface area contributed by atoms with Gasteiger partial charge < -0.3 is 9.63 Å². The largest absolute Gasteiger partial charge is 0.478 e. The normalized spacial score (nSPS) is 10.9. The molecule has 2 rings (SSSR count). The zero-order valence-corrected chi connectivity index (χ0v) is 9.50. The van der Waals surface area contributed by atoms with E-state index in [2.05, 4.69) is 10.1 Å². The molecule has 0 unspecified atom stereocenters. The Morgan fingerprint density at radius 1 is 1.56 bits per heavy atom. The number of rotatable bonds is 2. The van der Waals surface area contributed by atoms with Crippen molar-refractivity contribution in [3.8, 4) is 0 Å². The Hall–Kier alpha value is -1.62. The van der Waals surface area contributed by atoms with Crippen LogP contribution in [0.1, 0.15) is 28.7 Å². The molecule has 2 heterocycles. The SMILES string of the molecule is CCc1nc2onc(C)c2c(Cl)c1C(=O)O. The second-order valence-corrected chi connectivity index (χ2v) is 3.73. The lowest BCUT2D eigenvalue weighted by atomic mass is 10.1. The summed E-state index contributed by atoms with van der Waals surface area (Å²) >= 11 is 6.05. The summed E-state index contributed by atoms with van der Waals surface area (Å²) in [5, 5.41) is 13.4. The van der Waals surface area contributed by atoms with Gasteiger partial charge >= 0.3 is 5.97 Å². The molecule has 16 heavy (non-hydrogen) atoms. The third-order valence-corrected chi connectivity index (χ3v) is 2.74. The van der Waals surface area contributed by atoms with Crippen molar-refractivity contribution in [2.24, 2.45) is 0 Å². The van der Waals surface area contributed by atoms with Crippen LogP contribution >= 0.6 is 11.6 Å². The first kappa shape index (κ1) is 10.9. The Kier molecular flexibility index (Phi) is 2.55. The molecule has 0 aliphatic heterocycles. The number of aromatic nitrogens is 2. The number of halogens is 1. The molecule has 0 amide bonds. The topological polar surface area (TPSA) is 76.2 Å². The highest BCUT2D eigenvalue weighted by Crippen LogP contribution is 2.30. The first-order chi connectivity index (χ1) is 7.56. The van der Waals surface area contributed by atoms with Crippen molar-refractivity contribution >= 4 is 28.7 Å². The highest BCUT2D eigenvalue weighted by atomic mass is 35.5. The molecule has 0 radical (unpaired) electrons. The van der Waals surface area contributed by atoms with Gasteiger partial charge in [-0.3, -0.25) is 0 Å². The average Bonchev–Trinajstić information content (AvgIpc) is 2.59. The van der Waals surface area contributed by atoms with E-state index in [9.17, 15) is 4.79 Å². The van der Waals surface area contributed by atoms with E-state index < -0.39 is 5.97 Å². The molecule has 0 saturated carbocycles. The van der Waals surface area contributed by atoms with Crippen molar-refractivity contribution in [3.63, 3.8) is 0 Å². The number of nitrogens with zero attached hydrogens (tertiary/aromatic N) is 2. The number of fused-ring (bicyclic) bond motifs is 1. The maximum atomic E-state index is 11.1. The Bertz CT molecular complexity index is 577. The average molecular weight is 241 g/mol. The van der Waals surface area contributed by atoms with E-state index in [1.165, 1.54) is 0 Å². The third kappa shape index (κ3) is 1.44. The number of aromatic carboxylic acids is 1. The van der Waals surface area contributed by atoms with Gasteiger partial charge in [-0.25, -0.2) is 9.78 Å². The maximum absolute atomic E-state index is 11.1. The van der Waals surface area contributed by atoms with E-state index >= 15 is 0 Å². The van der Waals surface area contributed by atoms with Crippen LogP contribution in [0.25, 0.3) is 11.1 Å². The lowest BCUT2D eigenvalue weighted by Crippen LogP contribution is -2.05. The van der Waals surface area contributed by atoms with Gasteiger partial charge in [-0.1, -0.05) is 23.7 Å². The zero-order chi connectivity index (χ0) is 11.9. The second-order valence-electron chi connectivity index (χ2n) is 3.35. The fourth-order valence-corrected chi connectivity index (χ4v) is 2.00. The predicted octanol–water partition coefficient (Wildman–Crippen LogP) is 2.45. The predicted molar refractivity (Wildman–Crippen MR) is 57.9 cm³/mol. The van der Waals surface area contributed by atoms with Crippen LogP contribution in [-0.2, 0) is 6.42 Å². The van der Waals surface area contributed by atoms with Crippen molar-refractivity contribution in [2.45, 2.75) is 20.3 Å². The Labute approximate surface area is 96.0 Å². The van der Waals surface area contributed by atoms with E-state index in [-0.39, 0.29) is 16.3 Å². The first-order valence-corrected chi connectivity index (χ1v) is 5.11. The maximum Gasteiger partial charge on any atom is 0.339 e. The zero-order valence-electron chi connectivity index (χ0n) is 8.74. The van der Waals surface area contributed by atoms with Crippen molar-refractivity contribution in [2.75, 3.05) is 0 Å². The van der Waals surface area contributed by atoms with Gasteiger partial charge in [0.1, 0.15) is 5.56 Å². The minimum Gasteiger partial charge on any atom is -0.478 e. The lowest BCUT2D eigenvalue weighted by molar-refractivity contribution is 0.0695. The van der Waals surface area contributed by atoms with Gasteiger partial charge in [-0.2, -0.15) is 0 Å². The summed E-state index contributed by atoms with van der Waals surface area (Å²) in [4.78, 5) is 15.2. The van der Waals surface area contributed by atoms with Gasteiger partial charge in [-0.05, 0) is 13.3 Å².